The molecule has 18 heavy (non-hydrogen) atoms. The first-order valence-corrected chi connectivity index (χ1v) is 5.94. The zero-order chi connectivity index (χ0) is 13.4. The van der Waals surface area contributed by atoms with Gasteiger partial charge in [0.15, 0.2) is 0 Å². The van der Waals surface area contributed by atoms with Crippen LogP contribution in [-0.4, -0.2) is 24.3 Å². The number of benzene rings is 1. The normalized spacial score (nSPS) is 30.0. The number of halogens is 1. The summed E-state index contributed by atoms with van der Waals surface area (Å²) in [5.41, 5.74) is -0.0502. The van der Waals surface area contributed by atoms with Gasteiger partial charge in [0, 0.05) is 17.8 Å². The Balaban J connectivity index is 2.22. The first-order chi connectivity index (χ1) is 8.43. The van der Waals surface area contributed by atoms with Crippen LogP contribution >= 0.6 is 0 Å². The standard InChI is InChI=1S/C14H17FO3/c1-10(17)18-9-13(2)7-14(13,8-16)11-4-3-5-12(15)6-11/h3-6,16H,7-9H2,1-2H3/t13?,14-/m1/s1. The van der Waals surface area contributed by atoms with E-state index in [9.17, 15) is 14.3 Å². The number of hydrogen-bond acceptors (Lipinski definition) is 3. The minimum Gasteiger partial charge on any atom is -0.465 e. The third kappa shape index (κ3) is 2.01. The number of aliphatic hydroxyl groups excluding tert-OH is 1. The van der Waals surface area contributed by atoms with Gasteiger partial charge in [0.2, 0.25) is 0 Å². The SMILES string of the molecule is CC(=O)OCC1(C)C[C@@]1(CO)c1cccc(F)c1. The summed E-state index contributed by atoms with van der Waals surface area (Å²) >= 11 is 0. The van der Waals surface area contributed by atoms with Gasteiger partial charge in [0.1, 0.15) is 5.82 Å². The summed E-state index contributed by atoms with van der Waals surface area (Å²) in [5, 5.41) is 9.64. The summed E-state index contributed by atoms with van der Waals surface area (Å²) in [4.78, 5) is 10.9. The largest absolute Gasteiger partial charge is 0.465 e. The van der Waals surface area contributed by atoms with Gasteiger partial charge in [-0.2, -0.15) is 0 Å². The van der Waals surface area contributed by atoms with Crippen molar-refractivity contribution in [2.24, 2.45) is 5.41 Å². The molecular formula is C14H17FO3. The average Bonchev–Trinajstić information content (AvgIpc) is 2.95. The van der Waals surface area contributed by atoms with Crippen molar-refractivity contribution in [3.63, 3.8) is 0 Å². The molecule has 1 saturated carbocycles. The minimum absolute atomic E-state index is 0.0752. The number of hydrogen-bond donors (Lipinski definition) is 1. The second-order valence-corrected chi connectivity index (χ2v) is 5.27. The molecule has 2 rings (SSSR count). The first kappa shape index (κ1) is 13.0. The monoisotopic (exact) mass is 252 g/mol. The lowest BCUT2D eigenvalue weighted by molar-refractivity contribution is -0.142. The van der Waals surface area contributed by atoms with Crippen molar-refractivity contribution >= 4 is 5.97 Å². The number of aliphatic hydroxyl groups is 1. The van der Waals surface area contributed by atoms with Crippen LogP contribution in [0.15, 0.2) is 24.3 Å². The van der Waals surface area contributed by atoms with E-state index in [2.05, 4.69) is 0 Å². The fourth-order valence-corrected chi connectivity index (χ4v) is 2.65. The highest BCUT2D eigenvalue weighted by Crippen LogP contribution is 2.64. The van der Waals surface area contributed by atoms with Gasteiger partial charge in [-0.3, -0.25) is 4.79 Å². The molecule has 0 aromatic heterocycles. The van der Waals surface area contributed by atoms with Gasteiger partial charge < -0.3 is 9.84 Å². The predicted molar refractivity (Wildman–Crippen MR) is 64.5 cm³/mol. The molecule has 1 aromatic rings. The van der Waals surface area contributed by atoms with Crippen molar-refractivity contribution in [3.8, 4) is 0 Å². The van der Waals surface area contributed by atoms with E-state index >= 15 is 0 Å². The van der Waals surface area contributed by atoms with Crippen LogP contribution in [0.1, 0.15) is 25.8 Å². The Hall–Kier alpha value is -1.42. The van der Waals surface area contributed by atoms with Crippen molar-refractivity contribution in [2.75, 3.05) is 13.2 Å². The average molecular weight is 252 g/mol. The van der Waals surface area contributed by atoms with Crippen LogP contribution in [0, 0.1) is 11.2 Å². The molecule has 1 aliphatic rings. The van der Waals surface area contributed by atoms with Gasteiger partial charge >= 0.3 is 5.97 Å². The summed E-state index contributed by atoms with van der Waals surface area (Å²) in [6.07, 6.45) is 0.688. The van der Waals surface area contributed by atoms with Crippen LogP contribution in [-0.2, 0) is 14.9 Å². The van der Waals surface area contributed by atoms with Gasteiger partial charge in [0.05, 0.1) is 13.2 Å². The van der Waals surface area contributed by atoms with Gasteiger partial charge in [0.25, 0.3) is 0 Å². The predicted octanol–water partition coefficient (Wildman–Crippen LogP) is 2.03. The molecule has 0 bridgehead atoms. The molecule has 0 amide bonds. The Labute approximate surface area is 106 Å². The molecule has 0 aliphatic heterocycles. The lowest BCUT2D eigenvalue weighted by atomic mass is 9.88. The third-order valence-electron chi connectivity index (χ3n) is 3.96. The summed E-state index contributed by atoms with van der Waals surface area (Å²) < 4.78 is 18.3. The molecule has 1 aliphatic carbocycles. The summed E-state index contributed by atoms with van der Waals surface area (Å²) in [7, 11) is 0. The third-order valence-corrected chi connectivity index (χ3v) is 3.96. The summed E-state index contributed by atoms with van der Waals surface area (Å²) in [6.45, 7) is 3.47. The van der Waals surface area contributed by atoms with Crippen molar-refractivity contribution in [2.45, 2.75) is 25.7 Å². The van der Waals surface area contributed by atoms with E-state index in [0.29, 0.717) is 6.42 Å². The zero-order valence-corrected chi connectivity index (χ0v) is 10.6. The molecular weight excluding hydrogens is 235 g/mol. The highest BCUT2D eigenvalue weighted by atomic mass is 19.1. The molecule has 0 saturated heterocycles. The Kier molecular flexibility index (Phi) is 3.15. The molecule has 2 atom stereocenters. The lowest BCUT2D eigenvalue weighted by Crippen LogP contribution is -2.25. The molecule has 4 heteroatoms. The van der Waals surface area contributed by atoms with E-state index in [1.807, 2.05) is 6.92 Å². The van der Waals surface area contributed by atoms with E-state index in [1.54, 1.807) is 12.1 Å². The smallest absolute Gasteiger partial charge is 0.302 e. The Morgan fingerprint density at radius 1 is 1.56 bits per heavy atom. The van der Waals surface area contributed by atoms with Gasteiger partial charge in [-0.05, 0) is 24.1 Å². The number of rotatable bonds is 4. The molecule has 1 fully saturated rings. The first-order valence-electron chi connectivity index (χ1n) is 5.94. The maximum Gasteiger partial charge on any atom is 0.302 e. The van der Waals surface area contributed by atoms with Crippen LogP contribution in [0.25, 0.3) is 0 Å². The second kappa shape index (κ2) is 4.35. The van der Waals surface area contributed by atoms with E-state index in [1.165, 1.54) is 19.1 Å². The zero-order valence-electron chi connectivity index (χ0n) is 10.6. The van der Waals surface area contributed by atoms with Gasteiger partial charge in [-0.25, -0.2) is 4.39 Å². The fraction of sp³-hybridized carbons (Fsp3) is 0.500. The minimum atomic E-state index is -0.495. The Morgan fingerprint density at radius 3 is 2.83 bits per heavy atom. The highest BCUT2D eigenvalue weighted by molar-refractivity contribution is 5.66. The van der Waals surface area contributed by atoms with E-state index < -0.39 is 5.41 Å². The number of carbonyl (C=O) groups excluding carboxylic acids is 1. The second-order valence-electron chi connectivity index (χ2n) is 5.27. The fourth-order valence-electron chi connectivity index (χ4n) is 2.65. The highest BCUT2D eigenvalue weighted by Gasteiger charge is 2.65. The van der Waals surface area contributed by atoms with Gasteiger partial charge in [-0.1, -0.05) is 19.1 Å². The molecule has 1 unspecified atom stereocenters. The van der Waals surface area contributed by atoms with Crippen LogP contribution in [0.4, 0.5) is 4.39 Å². The molecule has 98 valence electrons. The quantitative estimate of drug-likeness (QED) is 0.834. The van der Waals surface area contributed by atoms with E-state index in [0.717, 1.165) is 5.56 Å². The van der Waals surface area contributed by atoms with Crippen LogP contribution < -0.4 is 0 Å². The van der Waals surface area contributed by atoms with Crippen molar-refractivity contribution in [1.29, 1.82) is 0 Å². The number of carbonyl (C=O) groups is 1. The summed E-state index contributed by atoms with van der Waals surface area (Å²) in [5.74, 6) is -0.656. The molecule has 0 heterocycles. The van der Waals surface area contributed by atoms with E-state index in [4.69, 9.17) is 4.74 Å². The molecule has 1 aromatic carbocycles. The van der Waals surface area contributed by atoms with Gasteiger partial charge in [-0.15, -0.1) is 0 Å². The molecule has 1 N–H and O–H groups in total. The maximum atomic E-state index is 13.3. The van der Waals surface area contributed by atoms with Crippen molar-refractivity contribution in [3.05, 3.63) is 35.6 Å². The number of esters is 1. The maximum absolute atomic E-state index is 13.3. The molecule has 0 radical (unpaired) electrons. The van der Waals surface area contributed by atoms with Crippen LogP contribution in [0.2, 0.25) is 0 Å². The molecule has 0 spiro atoms. The van der Waals surface area contributed by atoms with Crippen LogP contribution in [0.5, 0.6) is 0 Å². The van der Waals surface area contributed by atoms with Crippen LogP contribution in [0.3, 0.4) is 0 Å². The number of ether oxygens (including phenoxy) is 1. The summed E-state index contributed by atoms with van der Waals surface area (Å²) in [6, 6.07) is 6.25. The molecule has 3 nitrogen and oxygen atoms in total. The van der Waals surface area contributed by atoms with Crippen molar-refractivity contribution < 1.29 is 19.0 Å². The topological polar surface area (TPSA) is 46.5 Å². The Bertz CT molecular complexity index is 474. The lowest BCUT2D eigenvalue weighted by Gasteiger charge is -2.21. The Morgan fingerprint density at radius 2 is 2.28 bits per heavy atom. The van der Waals surface area contributed by atoms with E-state index in [-0.39, 0.29) is 30.4 Å². The van der Waals surface area contributed by atoms with Crippen molar-refractivity contribution in [1.82, 2.24) is 0 Å².